The number of carbonyl (C=O) groups excluding carboxylic acids is 3. The van der Waals surface area contributed by atoms with Crippen LogP contribution in [0.3, 0.4) is 0 Å². The number of likely N-dealkylation sites (tertiary alicyclic amines) is 1. The summed E-state index contributed by atoms with van der Waals surface area (Å²) < 4.78 is 0. The molecule has 3 aliphatic rings. The number of nitrogens with zero attached hydrogens (tertiary/aromatic N) is 2. The second kappa shape index (κ2) is 7.64. The molecule has 3 heterocycles. The SMILES string of the molecule is C[C@@H]1C[C@@H](CN)CCN1Cc1cccc2c1C(=O)N(C1CCC(=O)NC1=O)C2. The number of piperidine rings is 2. The quantitative estimate of drug-likeness (QED) is 0.756. The molecule has 7 nitrogen and oxygen atoms in total. The molecule has 3 N–H and O–H groups in total. The molecule has 1 aromatic rings. The fourth-order valence-electron chi connectivity index (χ4n) is 4.81. The second-order valence-electron chi connectivity index (χ2n) is 8.30. The summed E-state index contributed by atoms with van der Waals surface area (Å²) in [4.78, 5) is 40.9. The van der Waals surface area contributed by atoms with E-state index in [1.165, 1.54) is 0 Å². The standard InChI is InChI=1S/C21H28N4O3/c1-13-9-14(10-22)7-8-24(13)11-15-3-2-4-16-12-25(21(28)19(15)16)17-5-6-18(26)23-20(17)27/h2-4,13-14,17H,5-12,22H2,1H3,(H,23,26,27)/t13-,14+,17?/m1/s1. The van der Waals surface area contributed by atoms with E-state index >= 15 is 0 Å². The van der Waals surface area contributed by atoms with Crippen LogP contribution in [0.4, 0.5) is 0 Å². The number of nitrogens with one attached hydrogen (secondary N) is 1. The molecule has 3 aliphatic heterocycles. The van der Waals surface area contributed by atoms with Gasteiger partial charge in [0.15, 0.2) is 0 Å². The van der Waals surface area contributed by atoms with Gasteiger partial charge in [-0.25, -0.2) is 0 Å². The predicted octanol–water partition coefficient (Wildman–Crippen LogP) is 1.01. The number of nitrogens with two attached hydrogens (primary N) is 1. The van der Waals surface area contributed by atoms with Gasteiger partial charge in [0.25, 0.3) is 5.91 Å². The normalized spacial score (nSPS) is 28.4. The molecule has 3 atom stereocenters. The molecule has 2 fully saturated rings. The van der Waals surface area contributed by atoms with Crippen molar-refractivity contribution in [3.8, 4) is 0 Å². The van der Waals surface area contributed by atoms with Crippen molar-refractivity contribution in [2.45, 2.75) is 57.8 Å². The van der Waals surface area contributed by atoms with Crippen LogP contribution < -0.4 is 11.1 Å². The Labute approximate surface area is 165 Å². The lowest BCUT2D eigenvalue weighted by atomic mass is 9.91. The Bertz CT molecular complexity index is 809. The van der Waals surface area contributed by atoms with Crippen LogP contribution in [0.1, 0.15) is 54.1 Å². The van der Waals surface area contributed by atoms with Crippen molar-refractivity contribution in [3.63, 3.8) is 0 Å². The molecule has 7 heteroatoms. The molecule has 150 valence electrons. The molecule has 0 spiro atoms. The Kier molecular flexibility index (Phi) is 5.21. The molecule has 0 radical (unpaired) electrons. The van der Waals surface area contributed by atoms with Gasteiger partial charge in [-0.1, -0.05) is 18.2 Å². The minimum Gasteiger partial charge on any atom is -0.330 e. The average Bonchev–Trinajstić information content (AvgIpc) is 3.01. The first-order valence-corrected chi connectivity index (χ1v) is 10.2. The number of hydrogen-bond acceptors (Lipinski definition) is 5. The summed E-state index contributed by atoms with van der Waals surface area (Å²) in [6.45, 7) is 5.11. The van der Waals surface area contributed by atoms with Crippen LogP contribution in [0.15, 0.2) is 18.2 Å². The van der Waals surface area contributed by atoms with Crippen LogP contribution in [-0.4, -0.2) is 52.7 Å². The zero-order valence-corrected chi connectivity index (χ0v) is 16.3. The first-order valence-electron chi connectivity index (χ1n) is 10.2. The number of hydrogen-bond donors (Lipinski definition) is 2. The third-order valence-corrected chi connectivity index (χ3v) is 6.47. The van der Waals surface area contributed by atoms with E-state index in [1.807, 2.05) is 18.2 Å². The van der Waals surface area contributed by atoms with Gasteiger partial charge in [0, 0.05) is 31.1 Å². The van der Waals surface area contributed by atoms with E-state index in [4.69, 9.17) is 5.73 Å². The Balaban J connectivity index is 1.52. The highest BCUT2D eigenvalue weighted by Crippen LogP contribution is 2.32. The summed E-state index contributed by atoms with van der Waals surface area (Å²) in [7, 11) is 0. The fraction of sp³-hybridized carbons (Fsp3) is 0.571. The van der Waals surface area contributed by atoms with Gasteiger partial charge in [0.2, 0.25) is 11.8 Å². The lowest BCUT2D eigenvalue weighted by Crippen LogP contribution is -2.52. The Morgan fingerprint density at radius 1 is 1.21 bits per heavy atom. The van der Waals surface area contributed by atoms with E-state index < -0.39 is 6.04 Å². The van der Waals surface area contributed by atoms with Crippen molar-refractivity contribution in [1.82, 2.24) is 15.1 Å². The topological polar surface area (TPSA) is 95.7 Å². The molecule has 2 saturated heterocycles. The van der Waals surface area contributed by atoms with E-state index in [0.29, 0.717) is 24.9 Å². The highest BCUT2D eigenvalue weighted by molar-refractivity contribution is 6.05. The molecular weight excluding hydrogens is 356 g/mol. The van der Waals surface area contributed by atoms with Crippen molar-refractivity contribution in [2.75, 3.05) is 13.1 Å². The number of rotatable bonds is 4. The van der Waals surface area contributed by atoms with E-state index in [-0.39, 0.29) is 24.1 Å². The van der Waals surface area contributed by atoms with E-state index in [1.54, 1.807) is 4.90 Å². The second-order valence-corrected chi connectivity index (χ2v) is 8.30. The zero-order valence-electron chi connectivity index (χ0n) is 16.3. The van der Waals surface area contributed by atoms with Crippen molar-refractivity contribution in [1.29, 1.82) is 0 Å². The third kappa shape index (κ3) is 3.44. The van der Waals surface area contributed by atoms with Crippen LogP contribution >= 0.6 is 0 Å². The molecule has 4 rings (SSSR count). The van der Waals surface area contributed by atoms with Gasteiger partial charge in [-0.15, -0.1) is 0 Å². The van der Waals surface area contributed by atoms with Crippen LogP contribution in [0.2, 0.25) is 0 Å². The van der Waals surface area contributed by atoms with E-state index in [0.717, 1.165) is 49.2 Å². The van der Waals surface area contributed by atoms with Crippen LogP contribution in [0, 0.1) is 5.92 Å². The smallest absolute Gasteiger partial charge is 0.255 e. The van der Waals surface area contributed by atoms with Crippen LogP contribution in [0.25, 0.3) is 0 Å². The van der Waals surface area contributed by atoms with Gasteiger partial charge in [-0.3, -0.25) is 24.6 Å². The number of amides is 3. The van der Waals surface area contributed by atoms with Crippen LogP contribution in [-0.2, 0) is 22.7 Å². The molecule has 0 aliphatic carbocycles. The maximum absolute atomic E-state index is 13.2. The molecule has 28 heavy (non-hydrogen) atoms. The lowest BCUT2D eigenvalue weighted by Gasteiger charge is -2.37. The molecule has 0 bridgehead atoms. The number of fused-ring (bicyclic) bond motifs is 1. The highest BCUT2D eigenvalue weighted by Gasteiger charge is 2.40. The highest BCUT2D eigenvalue weighted by atomic mass is 16.2. The third-order valence-electron chi connectivity index (χ3n) is 6.47. The fourth-order valence-corrected chi connectivity index (χ4v) is 4.81. The first-order chi connectivity index (χ1) is 13.5. The molecule has 0 saturated carbocycles. The Morgan fingerprint density at radius 2 is 2.04 bits per heavy atom. The number of benzene rings is 1. The Morgan fingerprint density at radius 3 is 2.75 bits per heavy atom. The van der Waals surface area contributed by atoms with Crippen molar-refractivity contribution < 1.29 is 14.4 Å². The predicted molar refractivity (Wildman–Crippen MR) is 104 cm³/mol. The van der Waals surface area contributed by atoms with Gasteiger partial charge >= 0.3 is 0 Å². The summed E-state index contributed by atoms with van der Waals surface area (Å²) in [6, 6.07) is 5.84. The number of carbonyl (C=O) groups is 3. The van der Waals surface area contributed by atoms with Gasteiger partial charge in [-0.05, 0) is 56.3 Å². The molecule has 1 aromatic carbocycles. The Hall–Kier alpha value is -2.25. The maximum atomic E-state index is 13.2. The van der Waals surface area contributed by atoms with Crippen molar-refractivity contribution >= 4 is 17.7 Å². The molecular formula is C21H28N4O3. The number of imide groups is 1. The van der Waals surface area contributed by atoms with Crippen LogP contribution in [0.5, 0.6) is 0 Å². The summed E-state index contributed by atoms with van der Waals surface area (Å²) >= 11 is 0. The van der Waals surface area contributed by atoms with Gasteiger partial charge < -0.3 is 10.6 Å². The average molecular weight is 384 g/mol. The minimum absolute atomic E-state index is 0.0930. The summed E-state index contributed by atoms with van der Waals surface area (Å²) in [5.74, 6) is -0.139. The van der Waals surface area contributed by atoms with Gasteiger partial charge in [0.1, 0.15) is 6.04 Å². The lowest BCUT2D eigenvalue weighted by molar-refractivity contribution is -0.136. The van der Waals surface area contributed by atoms with Crippen molar-refractivity contribution in [2.24, 2.45) is 11.7 Å². The van der Waals surface area contributed by atoms with Gasteiger partial charge in [0.05, 0.1) is 0 Å². The molecule has 0 aromatic heterocycles. The molecule has 1 unspecified atom stereocenters. The summed E-state index contributed by atoms with van der Waals surface area (Å²) in [5, 5.41) is 2.36. The van der Waals surface area contributed by atoms with Gasteiger partial charge in [-0.2, -0.15) is 0 Å². The summed E-state index contributed by atoms with van der Waals surface area (Å²) in [5.41, 5.74) is 8.57. The van der Waals surface area contributed by atoms with Crippen molar-refractivity contribution in [3.05, 3.63) is 34.9 Å². The van der Waals surface area contributed by atoms with E-state index in [2.05, 4.69) is 17.1 Å². The van der Waals surface area contributed by atoms with E-state index in [9.17, 15) is 14.4 Å². The molecule has 3 amide bonds. The summed E-state index contributed by atoms with van der Waals surface area (Å²) in [6.07, 6.45) is 2.84. The zero-order chi connectivity index (χ0) is 19.8. The first kappa shape index (κ1) is 19.1. The minimum atomic E-state index is -0.565. The largest absolute Gasteiger partial charge is 0.330 e. The monoisotopic (exact) mass is 384 g/mol. The maximum Gasteiger partial charge on any atom is 0.255 e.